The van der Waals surface area contributed by atoms with Crippen LogP contribution in [0.3, 0.4) is 0 Å². The second kappa shape index (κ2) is 4.56. The summed E-state index contributed by atoms with van der Waals surface area (Å²) >= 11 is 0. The number of nitriles is 1. The molecular weight excluding hydrogens is 200 g/mol. The Morgan fingerprint density at radius 3 is 2.69 bits per heavy atom. The molecule has 0 amide bonds. The summed E-state index contributed by atoms with van der Waals surface area (Å²) in [7, 11) is 0. The third-order valence-electron chi connectivity index (χ3n) is 2.38. The van der Waals surface area contributed by atoms with Gasteiger partial charge in [0.15, 0.2) is 0 Å². The van der Waals surface area contributed by atoms with Crippen LogP contribution < -0.4 is 0 Å². The predicted octanol–water partition coefficient (Wildman–Crippen LogP) is 2.03. The second-order valence-electron chi connectivity index (χ2n) is 3.39. The topological polar surface area (TPSA) is 56.9 Å². The van der Waals surface area contributed by atoms with Gasteiger partial charge in [-0.2, -0.15) is 5.26 Å². The molecule has 1 N–H and O–H groups in total. The molecule has 1 atom stereocenters. The van der Waals surface area contributed by atoms with Gasteiger partial charge in [0.2, 0.25) is 0 Å². The van der Waals surface area contributed by atoms with Crippen molar-refractivity contribution in [3.8, 4) is 6.07 Å². The average molecular weight is 210 g/mol. The number of aliphatic hydroxyl groups excluding tert-OH is 1. The molecule has 0 fully saturated rings. The molecule has 0 aliphatic carbocycles. The van der Waals surface area contributed by atoms with Gasteiger partial charge in [0.1, 0.15) is 6.10 Å². The highest BCUT2D eigenvalue weighted by atomic mass is 16.3. The summed E-state index contributed by atoms with van der Waals surface area (Å²) < 4.78 is 0. The van der Waals surface area contributed by atoms with E-state index in [-0.39, 0.29) is 0 Å². The van der Waals surface area contributed by atoms with Gasteiger partial charge in [-0.3, -0.25) is 4.98 Å². The molecule has 0 saturated heterocycles. The van der Waals surface area contributed by atoms with Crippen molar-refractivity contribution in [1.29, 1.82) is 5.26 Å². The highest BCUT2D eigenvalue weighted by molar-refractivity contribution is 5.42. The Balaban J connectivity index is 2.42. The van der Waals surface area contributed by atoms with E-state index in [1.807, 2.05) is 0 Å². The highest BCUT2D eigenvalue weighted by Gasteiger charge is 2.13. The molecule has 0 aliphatic heterocycles. The van der Waals surface area contributed by atoms with Crippen molar-refractivity contribution in [3.05, 3.63) is 65.5 Å². The molecular formula is C13H10N2O. The Hall–Kier alpha value is -2.18. The summed E-state index contributed by atoms with van der Waals surface area (Å²) in [5, 5.41) is 19.1. The lowest BCUT2D eigenvalue weighted by molar-refractivity contribution is 0.219. The van der Waals surface area contributed by atoms with Gasteiger partial charge in [-0.15, -0.1) is 0 Å². The lowest BCUT2D eigenvalue weighted by Gasteiger charge is -2.11. The number of benzene rings is 1. The summed E-state index contributed by atoms with van der Waals surface area (Å²) in [6, 6.07) is 12.6. The van der Waals surface area contributed by atoms with E-state index in [1.54, 1.807) is 48.8 Å². The van der Waals surface area contributed by atoms with Crippen molar-refractivity contribution in [1.82, 2.24) is 4.98 Å². The summed E-state index contributed by atoms with van der Waals surface area (Å²) in [4.78, 5) is 3.94. The van der Waals surface area contributed by atoms with Crippen molar-refractivity contribution in [3.63, 3.8) is 0 Å². The number of pyridine rings is 1. The molecule has 0 spiro atoms. The second-order valence-corrected chi connectivity index (χ2v) is 3.39. The minimum atomic E-state index is -0.801. The monoisotopic (exact) mass is 210 g/mol. The number of hydrogen-bond donors (Lipinski definition) is 1. The van der Waals surface area contributed by atoms with E-state index in [9.17, 15) is 5.11 Å². The van der Waals surface area contributed by atoms with Crippen LogP contribution in [0.4, 0.5) is 0 Å². The average Bonchev–Trinajstić information content (AvgIpc) is 2.39. The van der Waals surface area contributed by atoms with Gasteiger partial charge >= 0.3 is 0 Å². The molecule has 78 valence electrons. The first-order chi connectivity index (χ1) is 7.83. The zero-order valence-electron chi connectivity index (χ0n) is 8.54. The van der Waals surface area contributed by atoms with Crippen LogP contribution in [0.25, 0.3) is 0 Å². The first-order valence-electron chi connectivity index (χ1n) is 4.90. The Morgan fingerprint density at radius 1 is 1.19 bits per heavy atom. The molecule has 1 aromatic heterocycles. The number of nitrogens with zero attached hydrogens (tertiary/aromatic N) is 2. The van der Waals surface area contributed by atoms with Crippen LogP contribution >= 0.6 is 0 Å². The van der Waals surface area contributed by atoms with Crippen molar-refractivity contribution in [2.45, 2.75) is 6.10 Å². The van der Waals surface area contributed by atoms with Crippen molar-refractivity contribution >= 4 is 0 Å². The fourth-order valence-electron chi connectivity index (χ4n) is 1.55. The number of hydrogen-bond acceptors (Lipinski definition) is 3. The number of rotatable bonds is 2. The van der Waals surface area contributed by atoms with E-state index in [2.05, 4.69) is 11.1 Å². The normalized spacial score (nSPS) is 11.8. The van der Waals surface area contributed by atoms with Gasteiger partial charge in [-0.05, 0) is 12.1 Å². The molecule has 1 heterocycles. The highest BCUT2D eigenvalue weighted by Crippen LogP contribution is 2.23. The molecule has 0 radical (unpaired) electrons. The Bertz CT molecular complexity index is 517. The summed E-state index contributed by atoms with van der Waals surface area (Å²) in [6.45, 7) is 0. The van der Waals surface area contributed by atoms with E-state index in [0.717, 1.165) is 0 Å². The van der Waals surface area contributed by atoms with E-state index >= 15 is 0 Å². The Labute approximate surface area is 93.6 Å². The van der Waals surface area contributed by atoms with Crippen molar-refractivity contribution in [2.75, 3.05) is 0 Å². The number of aromatic nitrogens is 1. The van der Waals surface area contributed by atoms with Crippen molar-refractivity contribution < 1.29 is 5.11 Å². The van der Waals surface area contributed by atoms with Crippen molar-refractivity contribution in [2.24, 2.45) is 0 Å². The molecule has 0 aliphatic rings. The molecule has 16 heavy (non-hydrogen) atoms. The molecule has 1 unspecified atom stereocenters. The molecule has 1 aromatic carbocycles. The molecule has 0 bridgehead atoms. The van der Waals surface area contributed by atoms with E-state index in [1.165, 1.54) is 0 Å². The minimum Gasteiger partial charge on any atom is -0.384 e. The maximum absolute atomic E-state index is 10.1. The van der Waals surface area contributed by atoms with Crippen LogP contribution in [0.2, 0.25) is 0 Å². The predicted molar refractivity (Wildman–Crippen MR) is 59.5 cm³/mol. The third kappa shape index (κ3) is 1.92. The fourth-order valence-corrected chi connectivity index (χ4v) is 1.55. The summed E-state index contributed by atoms with van der Waals surface area (Å²) in [6.07, 6.45) is 2.44. The van der Waals surface area contributed by atoms with Crippen LogP contribution in [0.5, 0.6) is 0 Å². The molecule has 0 saturated carbocycles. The minimum absolute atomic E-state index is 0.485. The van der Waals surface area contributed by atoms with Crippen LogP contribution in [0.15, 0.2) is 48.8 Å². The van der Waals surface area contributed by atoms with Crippen LogP contribution in [-0.2, 0) is 0 Å². The van der Waals surface area contributed by atoms with E-state index < -0.39 is 6.10 Å². The molecule has 2 aromatic rings. The fraction of sp³-hybridized carbons (Fsp3) is 0.0769. The molecule has 3 heteroatoms. The van der Waals surface area contributed by atoms with Crippen LogP contribution in [0.1, 0.15) is 22.8 Å². The smallest absolute Gasteiger partial charge is 0.107 e. The lowest BCUT2D eigenvalue weighted by atomic mass is 9.99. The maximum Gasteiger partial charge on any atom is 0.107 e. The standard InChI is InChI=1S/C13H10N2O/c14-8-10-4-1-2-6-12(10)13(16)11-5-3-7-15-9-11/h1-7,9,13,16H. The first kappa shape index (κ1) is 10.3. The Morgan fingerprint density at radius 2 is 2.00 bits per heavy atom. The largest absolute Gasteiger partial charge is 0.384 e. The maximum atomic E-state index is 10.1. The van der Waals surface area contributed by atoms with Crippen LogP contribution in [-0.4, -0.2) is 10.1 Å². The SMILES string of the molecule is N#Cc1ccccc1C(O)c1cccnc1. The van der Waals surface area contributed by atoms with Gasteiger partial charge in [-0.25, -0.2) is 0 Å². The van der Waals surface area contributed by atoms with E-state index in [0.29, 0.717) is 16.7 Å². The van der Waals surface area contributed by atoms with Crippen LogP contribution in [0, 0.1) is 11.3 Å². The lowest BCUT2D eigenvalue weighted by Crippen LogP contribution is -2.02. The third-order valence-corrected chi connectivity index (χ3v) is 2.38. The zero-order chi connectivity index (χ0) is 11.4. The van der Waals surface area contributed by atoms with Gasteiger partial charge in [-0.1, -0.05) is 24.3 Å². The quantitative estimate of drug-likeness (QED) is 0.825. The van der Waals surface area contributed by atoms with Gasteiger partial charge in [0.25, 0.3) is 0 Å². The molecule has 2 rings (SSSR count). The first-order valence-corrected chi connectivity index (χ1v) is 4.90. The number of aliphatic hydroxyl groups is 1. The van der Waals surface area contributed by atoms with Gasteiger partial charge < -0.3 is 5.11 Å². The summed E-state index contributed by atoms with van der Waals surface area (Å²) in [5.74, 6) is 0. The zero-order valence-corrected chi connectivity index (χ0v) is 8.54. The van der Waals surface area contributed by atoms with E-state index in [4.69, 9.17) is 5.26 Å². The Kier molecular flexibility index (Phi) is 2.95. The van der Waals surface area contributed by atoms with Gasteiger partial charge in [0, 0.05) is 23.5 Å². The summed E-state index contributed by atoms with van der Waals surface area (Å²) in [5.41, 5.74) is 1.78. The van der Waals surface area contributed by atoms with Gasteiger partial charge in [0.05, 0.1) is 11.6 Å². The molecule has 3 nitrogen and oxygen atoms in total.